The molecule has 0 spiro atoms. The predicted molar refractivity (Wildman–Crippen MR) is 55.3 cm³/mol. The molecule has 1 unspecified atom stereocenters. The van der Waals surface area contributed by atoms with Gasteiger partial charge in [-0.15, -0.1) is 0 Å². The van der Waals surface area contributed by atoms with Gasteiger partial charge in [0, 0.05) is 18.9 Å². The molecule has 0 radical (unpaired) electrons. The monoisotopic (exact) mass is 209 g/mol. The quantitative estimate of drug-likeness (QED) is 0.751. The fourth-order valence-corrected chi connectivity index (χ4v) is 0.903. The van der Waals surface area contributed by atoms with Crippen LogP contribution in [0.3, 0.4) is 0 Å². The summed E-state index contributed by atoms with van der Waals surface area (Å²) in [5.41, 5.74) is -0.623. The molecule has 5 heteroatoms. The summed E-state index contributed by atoms with van der Waals surface area (Å²) in [6, 6.07) is 0. The first-order valence-electron chi connectivity index (χ1n) is 4.82. The molecule has 2 N–H and O–H groups in total. The Balaban J connectivity index is 2.51. The van der Waals surface area contributed by atoms with Crippen molar-refractivity contribution in [2.24, 2.45) is 0 Å². The van der Waals surface area contributed by atoms with Crippen LogP contribution in [0.2, 0.25) is 0 Å². The highest BCUT2D eigenvalue weighted by Crippen LogP contribution is 2.06. The van der Waals surface area contributed by atoms with Crippen molar-refractivity contribution in [1.29, 1.82) is 0 Å². The van der Waals surface area contributed by atoms with E-state index in [4.69, 9.17) is 0 Å². The topological polar surface area (TPSA) is 75.1 Å². The number of carbonyl (C=O) groups excluding carboxylic acids is 1. The van der Waals surface area contributed by atoms with E-state index in [1.807, 2.05) is 6.92 Å². The Morgan fingerprint density at radius 2 is 2.33 bits per heavy atom. The predicted octanol–water partition coefficient (Wildman–Crippen LogP) is 0.367. The summed E-state index contributed by atoms with van der Waals surface area (Å²) in [6.45, 7) is 3.73. The molecule has 0 saturated heterocycles. The van der Waals surface area contributed by atoms with Crippen molar-refractivity contribution in [3.63, 3.8) is 0 Å². The Kier molecular flexibility index (Phi) is 3.74. The Labute approximate surface area is 88.6 Å². The van der Waals surface area contributed by atoms with Crippen molar-refractivity contribution >= 4 is 5.91 Å². The van der Waals surface area contributed by atoms with E-state index in [1.165, 1.54) is 18.6 Å². The summed E-state index contributed by atoms with van der Waals surface area (Å²) in [7, 11) is 0. The van der Waals surface area contributed by atoms with Gasteiger partial charge in [-0.1, -0.05) is 6.92 Å². The zero-order valence-corrected chi connectivity index (χ0v) is 8.90. The van der Waals surface area contributed by atoms with Gasteiger partial charge in [0.1, 0.15) is 5.69 Å². The minimum atomic E-state index is -0.877. The first-order valence-corrected chi connectivity index (χ1v) is 4.82. The minimum absolute atomic E-state index is 0.207. The molecular formula is C10H15N3O2. The van der Waals surface area contributed by atoms with E-state index in [-0.39, 0.29) is 18.1 Å². The van der Waals surface area contributed by atoms with E-state index < -0.39 is 5.60 Å². The molecule has 1 aromatic rings. The summed E-state index contributed by atoms with van der Waals surface area (Å²) in [6.07, 6.45) is 4.91. The van der Waals surface area contributed by atoms with Gasteiger partial charge in [0.2, 0.25) is 0 Å². The Morgan fingerprint density at radius 1 is 1.60 bits per heavy atom. The normalized spacial score (nSPS) is 14.3. The second kappa shape index (κ2) is 4.84. The lowest BCUT2D eigenvalue weighted by atomic mass is 10.0. The van der Waals surface area contributed by atoms with Crippen LogP contribution in [-0.4, -0.2) is 33.1 Å². The van der Waals surface area contributed by atoms with E-state index in [0.717, 1.165) is 0 Å². The second-order valence-corrected chi connectivity index (χ2v) is 3.62. The number of aliphatic hydroxyl groups is 1. The Morgan fingerprint density at radius 3 is 2.87 bits per heavy atom. The van der Waals surface area contributed by atoms with Crippen LogP contribution in [0.5, 0.6) is 0 Å². The van der Waals surface area contributed by atoms with Gasteiger partial charge in [-0.25, -0.2) is 4.98 Å². The number of nitrogens with zero attached hydrogens (tertiary/aromatic N) is 2. The van der Waals surface area contributed by atoms with E-state index in [2.05, 4.69) is 15.3 Å². The molecule has 1 atom stereocenters. The minimum Gasteiger partial charge on any atom is -0.388 e. The zero-order valence-electron chi connectivity index (χ0n) is 8.90. The molecule has 0 saturated carbocycles. The third-order valence-corrected chi connectivity index (χ3v) is 2.19. The van der Waals surface area contributed by atoms with E-state index in [9.17, 15) is 9.90 Å². The van der Waals surface area contributed by atoms with E-state index in [0.29, 0.717) is 6.42 Å². The van der Waals surface area contributed by atoms with Gasteiger partial charge >= 0.3 is 0 Å². The third kappa shape index (κ3) is 3.63. The highest BCUT2D eigenvalue weighted by Gasteiger charge is 2.19. The molecule has 82 valence electrons. The van der Waals surface area contributed by atoms with Gasteiger partial charge in [-0.3, -0.25) is 9.78 Å². The van der Waals surface area contributed by atoms with Crippen LogP contribution in [0.25, 0.3) is 0 Å². The summed E-state index contributed by atoms with van der Waals surface area (Å²) in [5.74, 6) is -0.322. The smallest absolute Gasteiger partial charge is 0.271 e. The number of rotatable bonds is 4. The van der Waals surface area contributed by atoms with Crippen molar-refractivity contribution in [1.82, 2.24) is 15.3 Å². The summed E-state index contributed by atoms with van der Waals surface area (Å²) >= 11 is 0. The van der Waals surface area contributed by atoms with Gasteiger partial charge in [-0.05, 0) is 13.3 Å². The molecule has 1 rings (SSSR count). The maximum Gasteiger partial charge on any atom is 0.271 e. The van der Waals surface area contributed by atoms with Gasteiger partial charge < -0.3 is 10.4 Å². The highest BCUT2D eigenvalue weighted by molar-refractivity contribution is 5.91. The number of carbonyl (C=O) groups is 1. The SMILES string of the molecule is CCC(C)(O)CNC(=O)c1cnccn1. The maximum absolute atomic E-state index is 11.5. The van der Waals surface area contributed by atoms with Crippen molar-refractivity contribution in [2.75, 3.05) is 6.54 Å². The van der Waals surface area contributed by atoms with Crippen LogP contribution in [0, 0.1) is 0 Å². The van der Waals surface area contributed by atoms with E-state index in [1.54, 1.807) is 6.92 Å². The van der Waals surface area contributed by atoms with Gasteiger partial charge in [-0.2, -0.15) is 0 Å². The lowest BCUT2D eigenvalue weighted by Crippen LogP contribution is -2.40. The average molecular weight is 209 g/mol. The van der Waals surface area contributed by atoms with Gasteiger partial charge in [0.05, 0.1) is 11.8 Å². The van der Waals surface area contributed by atoms with Gasteiger partial charge in [0.25, 0.3) is 5.91 Å². The average Bonchev–Trinajstić information content (AvgIpc) is 2.27. The molecule has 0 bridgehead atoms. The van der Waals surface area contributed by atoms with Crippen molar-refractivity contribution in [2.45, 2.75) is 25.9 Å². The number of aromatic nitrogens is 2. The first kappa shape index (κ1) is 11.6. The number of hydrogen-bond donors (Lipinski definition) is 2. The largest absolute Gasteiger partial charge is 0.388 e. The molecule has 1 amide bonds. The molecule has 0 aliphatic heterocycles. The van der Waals surface area contributed by atoms with Crippen LogP contribution in [0.4, 0.5) is 0 Å². The van der Waals surface area contributed by atoms with Crippen LogP contribution >= 0.6 is 0 Å². The van der Waals surface area contributed by atoms with Crippen LogP contribution in [0.1, 0.15) is 30.8 Å². The zero-order chi connectivity index (χ0) is 11.3. The summed E-state index contributed by atoms with van der Waals surface area (Å²) in [4.78, 5) is 19.1. The number of amides is 1. The first-order chi connectivity index (χ1) is 7.05. The fourth-order valence-electron chi connectivity index (χ4n) is 0.903. The molecule has 0 fully saturated rings. The number of nitrogens with one attached hydrogen (secondary N) is 1. The molecule has 0 aliphatic rings. The van der Waals surface area contributed by atoms with Crippen molar-refractivity contribution in [3.05, 3.63) is 24.3 Å². The third-order valence-electron chi connectivity index (χ3n) is 2.19. The standard InChI is InChI=1S/C10H15N3O2/c1-3-10(2,15)7-13-9(14)8-6-11-4-5-12-8/h4-6,15H,3,7H2,1-2H3,(H,13,14). The molecular weight excluding hydrogens is 194 g/mol. The van der Waals surface area contributed by atoms with Crippen LogP contribution < -0.4 is 5.32 Å². The molecule has 15 heavy (non-hydrogen) atoms. The van der Waals surface area contributed by atoms with Crippen LogP contribution in [0.15, 0.2) is 18.6 Å². The molecule has 1 heterocycles. The van der Waals surface area contributed by atoms with E-state index >= 15 is 0 Å². The lowest BCUT2D eigenvalue weighted by molar-refractivity contribution is 0.0517. The maximum atomic E-state index is 11.5. The molecule has 0 aromatic carbocycles. The Bertz CT molecular complexity index is 325. The van der Waals surface area contributed by atoms with Gasteiger partial charge in [0.15, 0.2) is 0 Å². The van der Waals surface area contributed by atoms with Crippen molar-refractivity contribution in [3.8, 4) is 0 Å². The van der Waals surface area contributed by atoms with Crippen molar-refractivity contribution < 1.29 is 9.90 Å². The fraction of sp³-hybridized carbons (Fsp3) is 0.500. The summed E-state index contributed by atoms with van der Waals surface area (Å²) in [5, 5.41) is 12.3. The highest BCUT2D eigenvalue weighted by atomic mass is 16.3. The molecule has 0 aliphatic carbocycles. The Hall–Kier alpha value is -1.49. The molecule has 1 aromatic heterocycles. The second-order valence-electron chi connectivity index (χ2n) is 3.62. The lowest BCUT2D eigenvalue weighted by Gasteiger charge is -2.21. The number of hydrogen-bond acceptors (Lipinski definition) is 4. The molecule has 5 nitrogen and oxygen atoms in total. The van der Waals surface area contributed by atoms with Crippen LogP contribution in [-0.2, 0) is 0 Å². The summed E-state index contributed by atoms with van der Waals surface area (Å²) < 4.78 is 0.